The molecule has 0 saturated carbocycles. The fourth-order valence-electron chi connectivity index (χ4n) is 3.93. The van der Waals surface area contributed by atoms with Gasteiger partial charge in [0.1, 0.15) is 12.4 Å². The van der Waals surface area contributed by atoms with Gasteiger partial charge in [0.2, 0.25) is 5.95 Å². The Morgan fingerprint density at radius 3 is 2.00 bits per heavy atom. The lowest BCUT2D eigenvalue weighted by molar-refractivity contribution is 0.306. The SMILES string of the molecule is Cn1c(-c2ccc(-c3ccccc3)cc2)cnc1NCc1ccc(OCc2ccccc2)cc1. The molecule has 5 aromatic rings. The van der Waals surface area contributed by atoms with Crippen LogP contribution in [-0.4, -0.2) is 9.55 Å². The summed E-state index contributed by atoms with van der Waals surface area (Å²) >= 11 is 0. The molecule has 0 spiro atoms. The second-order valence-electron chi connectivity index (χ2n) is 8.24. The molecule has 4 heteroatoms. The van der Waals surface area contributed by atoms with Crippen LogP contribution >= 0.6 is 0 Å². The van der Waals surface area contributed by atoms with Crippen molar-refractivity contribution in [1.29, 1.82) is 0 Å². The van der Waals surface area contributed by atoms with Gasteiger partial charge in [0.15, 0.2) is 0 Å². The first kappa shape index (κ1) is 21.5. The molecule has 1 heterocycles. The van der Waals surface area contributed by atoms with Crippen LogP contribution in [-0.2, 0) is 20.2 Å². The van der Waals surface area contributed by atoms with Gasteiger partial charge in [0.05, 0.1) is 11.9 Å². The average molecular weight is 446 g/mol. The minimum absolute atomic E-state index is 0.570. The van der Waals surface area contributed by atoms with E-state index in [1.165, 1.54) is 16.7 Å². The number of anilines is 1. The number of hydrogen-bond acceptors (Lipinski definition) is 3. The topological polar surface area (TPSA) is 39.1 Å². The molecule has 4 aromatic carbocycles. The molecule has 0 atom stereocenters. The molecular weight excluding hydrogens is 418 g/mol. The molecule has 0 aliphatic carbocycles. The molecule has 0 radical (unpaired) electrons. The van der Waals surface area contributed by atoms with E-state index in [1.807, 2.05) is 49.6 Å². The van der Waals surface area contributed by atoms with Crippen molar-refractivity contribution in [2.75, 3.05) is 5.32 Å². The van der Waals surface area contributed by atoms with Crippen molar-refractivity contribution in [1.82, 2.24) is 9.55 Å². The van der Waals surface area contributed by atoms with Crippen LogP contribution in [0, 0.1) is 0 Å². The molecule has 0 fully saturated rings. The van der Waals surface area contributed by atoms with Gasteiger partial charge < -0.3 is 14.6 Å². The summed E-state index contributed by atoms with van der Waals surface area (Å²) in [4.78, 5) is 4.60. The number of imidazole rings is 1. The molecule has 0 amide bonds. The molecule has 0 unspecified atom stereocenters. The predicted molar refractivity (Wildman–Crippen MR) is 139 cm³/mol. The predicted octanol–water partition coefficient (Wildman–Crippen LogP) is 6.95. The first-order valence-corrected chi connectivity index (χ1v) is 11.4. The van der Waals surface area contributed by atoms with Crippen molar-refractivity contribution in [3.05, 3.63) is 127 Å². The number of hydrogen-bond donors (Lipinski definition) is 1. The van der Waals surface area contributed by atoms with Crippen molar-refractivity contribution >= 4 is 5.95 Å². The number of ether oxygens (including phenoxy) is 1. The van der Waals surface area contributed by atoms with Crippen molar-refractivity contribution < 1.29 is 4.74 Å². The normalized spacial score (nSPS) is 10.7. The second-order valence-corrected chi connectivity index (χ2v) is 8.24. The largest absolute Gasteiger partial charge is 0.489 e. The molecule has 0 aliphatic heterocycles. The van der Waals surface area contributed by atoms with E-state index in [4.69, 9.17) is 4.74 Å². The smallest absolute Gasteiger partial charge is 0.203 e. The minimum Gasteiger partial charge on any atom is -0.489 e. The highest BCUT2D eigenvalue weighted by Crippen LogP contribution is 2.26. The third kappa shape index (κ3) is 5.02. The lowest BCUT2D eigenvalue weighted by Gasteiger charge is -2.10. The molecule has 0 aliphatic rings. The summed E-state index contributed by atoms with van der Waals surface area (Å²) in [6.45, 7) is 1.26. The molecule has 0 saturated heterocycles. The van der Waals surface area contributed by atoms with Crippen LogP contribution in [0.5, 0.6) is 5.75 Å². The maximum Gasteiger partial charge on any atom is 0.203 e. The summed E-state index contributed by atoms with van der Waals surface area (Å²) in [6.07, 6.45) is 1.92. The molecule has 4 nitrogen and oxygen atoms in total. The fraction of sp³-hybridized carbons (Fsp3) is 0.100. The highest BCUT2D eigenvalue weighted by molar-refractivity contribution is 5.69. The lowest BCUT2D eigenvalue weighted by Crippen LogP contribution is -2.05. The van der Waals surface area contributed by atoms with Gasteiger partial charge in [-0.15, -0.1) is 0 Å². The third-order valence-corrected chi connectivity index (χ3v) is 5.90. The summed E-state index contributed by atoms with van der Waals surface area (Å²) in [5.41, 5.74) is 6.98. The van der Waals surface area contributed by atoms with Crippen molar-refractivity contribution in [3.63, 3.8) is 0 Å². The van der Waals surface area contributed by atoms with Crippen LogP contribution in [0.15, 0.2) is 115 Å². The van der Waals surface area contributed by atoms with E-state index in [2.05, 4.69) is 87.7 Å². The standard InChI is InChI=1S/C30H27N3O/c1-33-29(27-16-14-26(15-17-27)25-10-6-3-7-11-25)21-32-30(33)31-20-23-12-18-28(19-13-23)34-22-24-8-4-2-5-9-24/h2-19,21H,20,22H2,1H3,(H,31,32). The Bertz CT molecular complexity index is 1330. The first-order valence-electron chi connectivity index (χ1n) is 11.4. The number of nitrogens with zero attached hydrogens (tertiary/aromatic N) is 2. The van der Waals surface area contributed by atoms with Gasteiger partial charge in [0.25, 0.3) is 0 Å². The average Bonchev–Trinajstić information content (AvgIpc) is 3.28. The highest BCUT2D eigenvalue weighted by Gasteiger charge is 2.09. The Balaban J connectivity index is 1.20. The Morgan fingerprint density at radius 2 is 1.29 bits per heavy atom. The maximum atomic E-state index is 5.88. The number of nitrogens with one attached hydrogen (secondary N) is 1. The highest BCUT2D eigenvalue weighted by atomic mass is 16.5. The van der Waals surface area contributed by atoms with Crippen LogP contribution in [0.1, 0.15) is 11.1 Å². The quantitative estimate of drug-likeness (QED) is 0.281. The lowest BCUT2D eigenvalue weighted by atomic mass is 10.0. The van der Waals surface area contributed by atoms with Gasteiger partial charge in [-0.05, 0) is 39.9 Å². The van der Waals surface area contributed by atoms with Crippen LogP contribution in [0.2, 0.25) is 0 Å². The number of benzene rings is 4. The van der Waals surface area contributed by atoms with E-state index >= 15 is 0 Å². The van der Waals surface area contributed by atoms with Crippen LogP contribution < -0.4 is 10.1 Å². The fourth-order valence-corrected chi connectivity index (χ4v) is 3.93. The van der Waals surface area contributed by atoms with Crippen molar-refractivity contribution in [3.8, 4) is 28.1 Å². The van der Waals surface area contributed by atoms with Crippen molar-refractivity contribution in [2.24, 2.45) is 7.05 Å². The zero-order chi connectivity index (χ0) is 23.2. The Hall–Kier alpha value is -4.31. The molecule has 5 rings (SSSR count). The Kier molecular flexibility index (Phi) is 6.39. The maximum absolute atomic E-state index is 5.88. The molecule has 1 aromatic heterocycles. The van der Waals surface area contributed by atoms with Gasteiger partial charge in [-0.25, -0.2) is 4.98 Å². The van der Waals surface area contributed by atoms with E-state index in [0.29, 0.717) is 13.2 Å². The number of rotatable bonds is 8. The summed E-state index contributed by atoms with van der Waals surface area (Å²) in [6, 6.07) is 37.4. The molecule has 34 heavy (non-hydrogen) atoms. The van der Waals surface area contributed by atoms with Crippen LogP contribution in [0.25, 0.3) is 22.4 Å². The van der Waals surface area contributed by atoms with Crippen LogP contribution in [0.3, 0.4) is 0 Å². The Labute approximate surface area is 200 Å². The monoisotopic (exact) mass is 445 g/mol. The molecule has 1 N–H and O–H groups in total. The first-order chi connectivity index (χ1) is 16.8. The summed E-state index contributed by atoms with van der Waals surface area (Å²) in [7, 11) is 2.04. The third-order valence-electron chi connectivity index (χ3n) is 5.90. The van der Waals surface area contributed by atoms with E-state index in [0.717, 1.165) is 28.5 Å². The molecular formula is C30H27N3O. The van der Waals surface area contributed by atoms with Gasteiger partial charge in [-0.3, -0.25) is 0 Å². The van der Waals surface area contributed by atoms with Gasteiger partial charge in [0, 0.05) is 13.6 Å². The summed E-state index contributed by atoms with van der Waals surface area (Å²) < 4.78 is 7.97. The molecule has 0 bridgehead atoms. The van der Waals surface area contributed by atoms with E-state index in [9.17, 15) is 0 Å². The number of aromatic nitrogens is 2. The summed E-state index contributed by atoms with van der Waals surface area (Å²) in [5, 5.41) is 3.44. The van der Waals surface area contributed by atoms with Crippen molar-refractivity contribution in [2.45, 2.75) is 13.2 Å². The Morgan fingerprint density at radius 1 is 0.676 bits per heavy atom. The zero-order valence-electron chi connectivity index (χ0n) is 19.2. The van der Waals surface area contributed by atoms with Gasteiger partial charge in [-0.1, -0.05) is 97.1 Å². The van der Waals surface area contributed by atoms with Crippen LogP contribution in [0.4, 0.5) is 5.95 Å². The second kappa shape index (κ2) is 10.1. The molecule has 168 valence electrons. The van der Waals surface area contributed by atoms with Gasteiger partial charge >= 0.3 is 0 Å². The van der Waals surface area contributed by atoms with E-state index in [1.54, 1.807) is 0 Å². The van der Waals surface area contributed by atoms with E-state index < -0.39 is 0 Å². The van der Waals surface area contributed by atoms with Gasteiger partial charge in [-0.2, -0.15) is 0 Å². The van der Waals surface area contributed by atoms with E-state index in [-0.39, 0.29) is 0 Å². The zero-order valence-corrected chi connectivity index (χ0v) is 19.2. The minimum atomic E-state index is 0.570. The summed E-state index contributed by atoms with van der Waals surface area (Å²) in [5.74, 6) is 1.71.